The largest absolute Gasteiger partial charge is 0.399 e. The molecular weight excluding hydrogens is 308 g/mol. The highest BCUT2D eigenvalue weighted by atomic mass is 32.2. The lowest BCUT2D eigenvalue weighted by atomic mass is 9.85. The summed E-state index contributed by atoms with van der Waals surface area (Å²) in [6.45, 7) is 4.22. The number of nitrogens with two attached hydrogens (primary N) is 1. The zero-order valence-electron chi connectivity index (χ0n) is 12.3. The second kappa shape index (κ2) is 6.16. The van der Waals surface area contributed by atoms with Crippen LogP contribution in [0.1, 0.15) is 13.8 Å². The molecule has 0 aromatic heterocycles. The Morgan fingerprint density at radius 2 is 1.90 bits per heavy atom. The zero-order chi connectivity index (χ0) is 15.7. The highest BCUT2D eigenvalue weighted by molar-refractivity contribution is 8.00. The van der Waals surface area contributed by atoms with E-state index < -0.39 is 15.6 Å². The number of sulfonamides is 1. The van der Waals surface area contributed by atoms with Crippen LogP contribution < -0.4 is 5.73 Å². The summed E-state index contributed by atoms with van der Waals surface area (Å²) in [5.41, 5.74) is 5.44. The first kappa shape index (κ1) is 16.6. The maximum atomic E-state index is 12.1. The summed E-state index contributed by atoms with van der Waals surface area (Å²) in [5, 5.41) is 10.1. The van der Waals surface area contributed by atoms with Gasteiger partial charge in [0.15, 0.2) is 0 Å². The molecule has 0 atom stereocenters. The molecule has 0 aliphatic carbocycles. The number of benzene rings is 1. The maximum absolute atomic E-state index is 12.1. The second-order valence-electron chi connectivity index (χ2n) is 5.76. The van der Waals surface area contributed by atoms with Crippen molar-refractivity contribution in [2.45, 2.75) is 24.3 Å². The van der Waals surface area contributed by atoms with E-state index in [2.05, 4.69) is 0 Å². The Morgan fingerprint density at radius 1 is 1.33 bits per heavy atom. The Kier molecular flexibility index (Phi) is 4.87. The molecule has 1 aliphatic rings. The third-order valence-corrected chi connectivity index (χ3v) is 6.90. The monoisotopic (exact) mass is 330 g/mol. The van der Waals surface area contributed by atoms with E-state index in [0.29, 0.717) is 11.4 Å². The minimum Gasteiger partial charge on any atom is -0.399 e. The van der Waals surface area contributed by atoms with Crippen molar-refractivity contribution in [1.82, 2.24) is 4.31 Å². The Balaban J connectivity index is 1.82. The van der Waals surface area contributed by atoms with Crippen molar-refractivity contribution in [2.24, 2.45) is 5.92 Å². The van der Waals surface area contributed by atoms with Crippen molar-refractivity contribution in [1.29, 1.82) is 0 Å². The number of thioether (sulfide) groups is 1. The number of nitrogens with zero attached hydrogens (tertiary/aromatic N) is 1. The van der Waals surface area contributed by atoms with E-state index in [1.807, 2.05) is 26.0 Å². The normalized spacial score (nSPS) is 18.7. The summed E-state index contributed by atoms with van der Waals surface area (Å²) < 4.78 is 25.7. The molecule has 1 saturated heterocycles. The van der Waals surface area contributed by atoms with Gasteiger partial charge in [0, 0.05) is 29.4 Å². The second-order valence-corrected chi connectivity index (χ2v) is 9.02. The van der Waals surface area contributed by atoms with Gasteiger partial charge >= 0.3 is 0 Å². The summed E-state index contributed by atoms with van der Waals surface area (Å²) >= 11 is 1.49. The molecule has 0 unspecified atom stereocenters. The van der Waals surface area contributed by atoms with Gasteiger partial charge in [-0.3, -0.25) is 0 Å². The van der Waals surface area contributed by atoms with Crippen LogP contribution in [0.5, 0.6) is 0 Å². The predicted octanol–water partition coefficient (Wildman–Crippen LogP) is 1.39. The molecule has 7 heteroatoms. The maximum Gasteiger partial charge on any atom is 0.215 e. The van der Waals surface area contributed by atoms with Gasteiger partial charge in [0.25, 0.3) is 0 Å². The predicted molar refractivity (Wildman–Crippen MR) is 86.7 cm³/mol. The number of β-amino-alcohol motifs (C(OH)–C–C–N with tert-alkyl or cyclic N) is 1. The molecule has 0 amide bonds. The van der Waals surface area contributed by atoms with Crippen LogP contribution >= 0.6 is 11.8 Å². The van der Waals surface area contributed by atoms with Crippen molar-refractivity contribution >= 4 is 27.5 Å². The average Bonchev–Trinajstić information content (AvgIpc) is 2.37. The molecule has 0 radical (unpaired) electrons. The molecule has 1 fully saturated rings. The van der Waals surface area contributed by atoms with Gasteiger partial charge in [0.2, 0.25) is 10.0 Å². The van der Waals surface area contributed by atoms with Crippen LogP contribution in [-0.2, 0) is 10.0 Å². The van der Waals surface area contributed by atoms with Gasteiger partial charge in [-0.25, -0.2) is 8.42 Å². The number of rotatable bonds is 6. The summed E-state index contributed by atoms with van der Waals surface area (Å²) in [5.74, 6) is 0.632. The lowest BCUT2D eigenvalue weighted by Gasteiger charge is -2.47. The van der Waals surface area contributed by atoms with Crippen molar-refractivity contribution in [2.75, 3.05) is 30.3 Å². The first-order chi connectivity index (χ1) is 9.73. The number of hydrogen-bond donors (Lipinski definition) is 2. The van der Waals surface area contributed by atoms with Crippen LogP contribution in [-0.4, -0.2) is 48.0 Å². The van der Waals surface area contributed by atoms with Crippen molar-refractivity contribution in [3.8, 4) is 0 Å². The number of aliphatic hydroxyl groups is 1. The molecule has 118 valence electrons. The first-order valence-electron chi connectivity index (χ1n) is 6.91. The molecule has 21 heavy (non-hydrogen) atoms. The quantitative estimate of drug-likeness (QED) is 0.608. The fraction of sp³-hybridized carbons (Fsp3) is 0.571. The van der Waals surface area contributed by atoms with Crippen LogP contribution in [0.2, 0.25) is 0 Å². The smallest absolute Gasteiger partial charge is 0.215 e. The van der Waals surface area contributed by atoms with Gasteiger partial charge in [0.05, 0.1) is 11.4 Å². The number of hydrogen-bond acceptors (Lipinski definition) is 5. The fourth-order valence-electron chi connectivity index (χ4n) is 2.08. The van der Waals surface area contributed by atoms with Gasteiger partial charge in [-0.1, -0.05) is 13.8 Å². The van der Waals surface area contributed by atoms with E-state index in [9.17, 15) is 13.5 Å². The fourth-order valence-corrected chi connectivity index (χ4v) is 4.92. The zero-order valence-corrected chi connectivity index (χ0v) is 14.0. The molecule has 2 rings (SSSR count). The first-order valence-corrected chi connectivity index (χ1v) is 9.51. The van der Waals surface area contributed by atoms with Crippen molar-refractivity contribution < 1.29 is 13.5 Å². The molecule has 0 bridgehead atoms. The summed E-state index contributed by atoms with van der Waals surface area (Å²) in [7, 11) is -3.28. The van der Waals surface area contributed by atoms with Crippen LogP contribution in [0.15, 0.2) is 29.2 Å². The van der Waals surface area contributed by atoms with E-state index in [1.165, 1.54) is 16.1 Å². The van der Waals surface area contributed by atoms with E-state index in [-0.39, 0.29) is 24.8 Å². The summed E-state index contributed by atoms with van der Waals surface area (Å²) in [4.78, 5) is 1.00. The highest BCUT2D eigenvalue weighted by Gasteiger charge is 2.48. The van der Waals surface area contributed by atoms with Crippen LogP contribution in [0.4, 0.5) is 5.69 Å². The minimum absolute atomic E-state index is 0.0631. The minimum atomic E-state index is -3.28. The third-order valence-electron chi connectivity index (χ3n) is 3.86. The van der Waals surface area contributed by atoms with E-state index in [1.54, 1.807) is 12.1 Å². The Labute approximate surface area is 130 Å². The number of anilines is 1. The summed E-state index contributed by atoms with van der Waals surface area (Å²) in [6, 6.07) is 7.37. The highest BCUT2D eigenvalue weighted by Crippen LogP contribution is 2.31. The Morgan fingerprint density at radius 3 is 2.43 bits per heavy atom. The van der Waals surface area contributed by atoms with E-state index in [0.717, 1.165) is 4.90 Å². The van der Waals surface area contributed by atoms with E-state index >= 15 is 0 Å². The average molecular weight is 330 g/mol. The standard InChI is InChI=1S/C14H22N2O3S2/c1-11(2)14(17)9-16(10-14)21(18,19)8-7-20-13-5-3-12(15)4-6-13/h3-6,11,17H,7-10,15H2,1-2H3. The molecular formula is C14H22N2O3S2. The van der Waals surface area contributed by atoms with Crippen LogP contribution in [0, 0.1) is 5.92 Å². The number of nitrogen functional groups attached to an aromatic ring is 1. The van der Waals surface area contributed by atoms with Gasteiger partial charge in [-0.15, -0.1) is 11.8 Å². The lowest BCUT2D eigenvalue weighted by Crippen LogP contribution is -2.66. The van der Waals surface area contributed by atoms with Gasteiger partial charge in [-0.05, 0) is 30.2 Å². The Hall–Kier alpha value is -0.760. The van der Waals surface area contributed by atoms with Crippen molar-refractivity contribution in [3.63, 3.8) is 0 Å². The topological polar surface area (TPSA) is 83.6 Å². The van der Waals surface area contributed by atoms with Gasteiger partial charge < -0.3 is 10.8 Å². The molecule has 3 N–H and O–H groups in total. The van der Waals surface area contributed by atoms with E-state index in [4.69, 9.17) is 5.73 Å². The van der Waals surface area contributed by atoms with Gasteiger partial charge in [-0.2, -0.15) is 4.31 Å². The molecule has 5 nitrogen and oxygen atoms in total. The molecule has 1 aliphatic heterocycles. The van der Waals surface area contributed by atoms with Gasteiger partial charge in [0.1, 0.15) is 0 Å². The molecule has 0 saturated carbocycles. The molecule has 1 aromatic rings. The van der Waals surface area contributed by atoms with Crippen LogP contribution in [0.25, 0.3) is 0 Å². The lowest BCUT2D eigenvalue weighted by molar-refractivity contribution is -0.0931. The third kappa shape index (κ3) is 3.91. The molecule has 1 heterocycles. The van der Waals surface area contributed by atoms with Crippen LogP contribution in [0.3, 0.4) is 0 Å². The molecule has 1 aromatic carbocycles. The Bertz CT molecular complexity index is 579. The SMILES string of the molecule is CC(C)C1(O)CN(S(=O)(=O)CCSc2ccc(N)cc2)C1. The molecule has 0 spiro atoms. The summed E-state index contributed by atoms with van der Waals surface area (Å²) in [6.07, 6.45) is 0. The van der Waals surface area contributed by atoms with Crippen molar-refractivity contribution in [3.05, 3.63) is 24.3 Å².